The maximum absolute atomic E-state index is 10.9. The van der Waals surface area contributed by atoms with E-state index < -0.39 is 6.09 Å². The zero-order valence-corrected chi connectivity index (χ0v) is 12.0. The summed E-state index contributed by atoms with van der Waals surface area (Å²) >= 11 is 0. The fraction of sp³-hybridized carbons (Fsp3) is 0.353. The molecule has 0 atom stereocenters. The quantitative estimate of drug-likeness (QED) is 0.942. The van der Waals surface area contributed by atoms with E-state index in [2.05, 4.69) is 47.4 Å². The van der Waals surface area contributed by atoms with Crippen LogP contribution in [0.1, 0.15) is 5.56 Å². The lowest BCUT2D eigenvalue weighted by molar-refractivity contribution is 0.106. The van der Waals surface area contributed by atoms with Crippen molar-refractivity contribution >= 4 is 16.9 Å². The molecule has 1 amide bonds. The summed E-state index contributed by atoms with van der Waals surface area (Å²) in [5.74, 6) is 0. The molecule has 0 radical (unpaired) electrons. The van der Waals surface area contributed by atoms with Crippen LogP contribution in [-0.4, -0.2) is 53.7 Å². The van der Waals surface area contributed by atoms with Crippen molar-refractivity contribution in [2.45, 2.75) is 6.42 Å². The first-order valence-electron chi connectivity index (χ1n) is 7.41. The summed E-state index contributed by atoms with van der Waals surface area (Å²) in [4.78, 5) is 14.7. The van der Waals surface area contributed by atoms with Crippen LogP contribution in [0.3, 0.4) is 0 Å². The number of carbonyl (C=O) groups is 1. The van der Waals surface area contributed by atoms with E-state index in [0.717, 1.165) is 26.1 Å². The fourth-order valence-corrected chi connectivity index (χ4v) is 2.95. The molecule has 1 fully saturated rings. The van der Waals surface area contributed by atoms with Gasteiger partial charge < -0.3 is 10.0 Å². The van der Waals surface area contributed by atoms with Gasteiger partial charge in [-0.05, 0) is 22.8 Å². The van der Waals surface area contributed by atoms with Gasteiger partial charge in [0.25, 0.3) is 0 Å². The Morgan fingerprint density at radius 1 is 1.00 bits per heavy atom. The summed E-state index contributed by atoms with van der Waals surface area (Å²) in [7, 11) is 0. The molecule has 0 spiro atoms. The molecule has 4 heteroatoms. The molecule has 1 N–H and O–H groups in total. The number of piperazine rings is 1. The molecular weight excluding hydrogens is 264 g/mol. The molecule has 0 bridgehead atoms. The van der Waals surface area contributed by atoms with E-state index in [1.807, 2.05) is 0 Å². The second-order valence-electron chi connectivity index (χ2n) is 5.50. The van der Waals surface area contributed by atoms with Crippen LogP contribution in [0.25, 0.3) is 10.8 Å². The molecule has 1 aliphatic rings. The van der Waals surface area contributed by atoms with Crippen LogP contribution in [0.2, 0.25) is 0 Å². The smallest absolute Gasteiger partial charge is 0.407 e. The van der Waals surface area contributed by atoms with Gasteiger partial charge in [0.1, 0.15) is 0 Å². The Labute approximate surface area is 124 Å². The molecule has 0 aliphatic carbocycles. The molecular formula is C17H20N2O2. The third kappa shape index (κ3) is 3.16. The van der Waals surface area contributed by atoms with Crippen molar-refractivity contribution in [2.75, 3.05) is 32.7 Å². The summed E-state index contributed by atoms with van der Waals surface area (Å²) in [6, 6.07) is 14.9. The van der Waals surface area contributed by atoms with Gasteiger partial charge in [-0.25, -0.2) is 4.79 Å². The Morgan fingerprint density at radius 3 is 2.48 bits per heavy atom. The predicted molar refractivity (Wildman–Crippen MR) is 83.7 cm³/mol. The summed E-state index contributed by atoms with van der Waals surface area (Å²) < 4.78 is 0. The minimum Gasteiger partial charge on any atom is -0.465 e. The first kappa shape index (κ1) is 13.9. The van der Waals surface area contributed by atoms with Gasteiger partial charge in [-0.15, -0.1) is 0 Å². The van der Waals surface area contributed by atoms with Gasteiger partial charge in [0.15, 0.2) is 0 Å². The average molecular weight is 284 g/mol. The van der Waals surface area contributed by atoms with Crippen LogP contribution in [0.15, 0.2) is 42.5 Å². The number of fused-ring (bicyclic) bond motifs is 1. The molecule has 1 saturated heterocycles. The van der Waals surface area contributed by atoms with Gasteiger partial charge in [-0.2, -0.15) is 0 Å². The number of amides is 1. The van der Waals surface area contributed by atoms with Crippen LogP contribution >= 0.6 is 0 Å². The van der Waals surface area contributed by atoms with Gasteiger partial charge in [0, 0.05) is 32.7 Å². The van der Waals surface area contributed by atoms with Crippen LogP contribution in [0, 0.1) is 0 Å². The first-order valence-corrected chi connectivity index (χ1v) is 7.41. The maximum Gasteiger partial charge on any atom is 0.407 e. The summed E-state index contributed by atoms with van der Waals surface area (Å²) in [6.07, 6.45) is 0.206. The summed E-state index contributed by atoms with van der Waals surface area (Å²) in [5.41, 5.74) is 1.37. The lowest BCUT2D eigenvalue weighted by atomic mass is 10.0. The van der Waals surface area contributed by atoms with E-state index in [0.29, 0.717) is 13.1 Å². The second kappa shape index (κ2) is 6.14. The maximum atomic E-state index is 10.9. The molecule has 110 valence electrons. The van der Waals surface area contributed by atoms with Gasteiger partial charge in [0.05, 0.1) is 0 Å². The van der Waals surface area contributed by atoms with Crippen molar-refractivity contribution in [1.82, 2.24) is 9.80 Å². The van der Waals surface area contributed by atoms with Gasteiger partial charge in [-0.3, -0.25) is 4.90 Å². The van der Waals surface area contributed by atoms with Gasteiger partial charge in [0.2, 0.25) is 0 Å². The van der Waals surface area contributed by atoms with Crippen LogP contribution < -0.4 is 0 Å². The van der Waals surface area contributed by atoms with E-state index in [1.165, 1.54) is 21.2 Å². The Hall–Kier alpha value is -2.07. The summed E-state index contributed by atoms with van der Waals surface area (Å²) in [5, 5.41) is 11.6. The normalized spacial score (nSPS) is 16.3. The fourth-order valence-electron chi connectivity index (χ4n) is 2.95. The first-order chi connectivity index (χ1) is 10.2. The van der Waals surface area contributed by atoms with E-state index >= 15 is 0 Å². The minimum atomic E-state index is -0.802. The topological polar surface area (TPSA) is 43.8 Å². The van der Waals surface area contributed by atoms with Crippen LogP contribution in [0.4, 0.5) is 4.79 Å². The lowest BCUT2D eigenvalue weighted by Gasteiger charge is -2.33. The molecule has 0 unspecified atom stereocenters. The number of hydrogen-bond donors (Lipinski definition) is 1. The van der Waals surface area contributed by atoms with Crippen molar-refractivity contribution in [2.24, 2.45) is 0 Å². The third-order valence-electron chi connectivity index (χ3n) is 4.22. The number of hydrogen-bond acceptors (Lipinski definition) is 2. The third-order valence-corrected chi connectivity index (χ3v) is 4.22. The Morgan fingerprint density at radius 2 is 1.71 bits per heavy atom. The van der Waals surface area contributed by atoms with Crippen molar-refractivity contribution in [3.05, 3.63) is 48.0 Å². The Balaban J connectivity index is 1.61. The molecule has 1 heterocycles. The minimum absolute atomic E-state index is 0.616. The van der Waals surface area contributed by atoms with E-state index in [1.54, 1.807) is 0 Å². The molecule has 3 rings (SSSR count). The molecule has 21 heavy (non-hydrogen) atoms. The Kier molecular flexibility index (Phi) is 4.06. The average Bonchev–Trinajstić information content (AvgIpc) is 2.53. The number of carboxylic acid groups (broad SMARTS) is 1. The van der Waals surface area contributed by atoms with Crippen LogP contribution in [0.5, 0.6) is 0 Å². The highest BCUT2D eigenvalue weighted by Gasteiger charge is 2.19. The van der Waals surface area contributed by atoms with E-state index in [-0.39, 0.29) is 0 Å². The summed E-state index contributed by atoms with van der Waals surface area (Å²) in [6.45, 7) is 3.88. The molecule has 4 nitrogen and oxygen atoms in total. The van der Waals surface area contributed by atoms with Crippen LogP contribution in [-0.2, 0) is 6.42 Å². The Bertz CT molecular complexity index is 628. The number of rotatable bonds is 3. The van der Waals surface area contributed by atoms with Crippen molar-refractivity contribution in [1.29, 1.82) is 0 Å². The van der Waals surface area contributed by atoms with Crippen molar-refractivity contribution < 1.29 is 9.90 Å². The zero-order valence-electron chi connectivity index (χ0n) is 12.0. The molecule has 0 saturated carbocycles. The highest BCUT2D eigenvalue weighted by Crippen LogP contribution is 2.19. The van der Waals surface area contributed by atoms with Crippen molar-refractivity contribution in [3.8, 4) is 0 Å². The largest absolute Gasteiger partial charge is 0.465 e. The molecule has 2 aromatic rings. The zero-order chi connectivity index (χ0) is 14.7. The SMILES string of the molecule is O=C(O)N1CCN(CCc2cccc3ccccc23)CC1. The molecule has 2 aromatic carbocycles. The second-order valence-corrected chi connectivity index (χ2v) is 5.50. The van der Waals surface area contributed by atoms with Gasteiger partial charge >= 0.3 is 6.09 Å². The standard InChI is InChI=1S/C17H20N2O2/c20-17(21)19-12-10-18(11-13-19)9-8-15-6-3-5-14-4-1-2-7-16(14)15/h1-7H,8-13H2,(H,20,21). The number of benzene rings is 2. The van der Waals surface area contributed by atoms with E-state index in [4.69, 9.17) is 5.11 Å². The van der Waals surface area contributed by atoms with E-state index in [9.17, 15) is 4.79 Å². The number of nitrogens with zero attached hydrogens (tertiary/aromatic N) is 2. The predicted octanol–water partition coefficient (Wildman–Crippen LogP) is 2.68. The highest BCUT2D eigenvalue weighted by atomic mass is 16.4. The lowest BCUT2D eigenvalue weighted by Crippen LogP contribution is -2.48. The molecule has 0 aromatic heterocycles. The van der Waals surface area contributed by atoms with Crippen molar-refractivity contribution in [3.63, 3.8) is 0 Å². The monoisotopic (exact) mass is 284 g/mol. The highest BCUT2D eigenvalue weighted by molar-refractivity contribution is 5.85. The van der Waals surface area contributed by atoms with Gasteiger partial charge in [-0.1, -0.05) is 42.5 Å². The molecule has 1 aliphatic heterocycles.